The van der Waals surface area contributed by atoms with Gasteiger partial charge in [-0.1, -0.05) is 30.2 Å². The molecule has 0 amide bonds. The second-order valence-electron chi connectivity index (χ2n) is 4.73. The molecule has 0 atom stereocenters. The molecule has 0 unspecified atom stereocenters. The molecular weight excluding hydrogens is 304 g/mol. The largest absolute Gasteiger partial charge is 0.466 e. The minimum Gasteiger partial charge on any atom is -0.466 e. The Bertz CT molecular complexity index is 761. The molecule has 0 aliphatic heterocycles. The number of pyridine rings is 1. The summed E-state index contributed by atoms with van der Waals surface area (Å²) in [6, 6.07) is 15.3. The van der Waals surface area contributed by atoms with Crippen molar-refractivity contribution in [2.75, 3.05) is 14.2 Å². The lowest BCUT2D eigenvalue weighted by atomic mass is 10.2. The van der Waals surface area contributed by atoms with E-state index in [2.05, 4.69) is 21.6 Å². The highest BCUT2D eigenvalue weighted by Gasteiger charge is 2.03. The van der Waals surface area contributed by atoms with Crippen molar-refractivity contribution < 1.29 is 14.4 Å². The first kappa shape index (κ1) is 17.3. The molecule has 0 fully saturated rings. The number of hydroxylamine groups is 2. The van der Waals surface area contributed by atoms with Crippen LogP contribution in [0, 0.1) is 11.8 Å². The highest BCUT2D eigenvalue weighted by atomic mass is 16.7. The van der Waals surface area contributed by atoms with Crippen LogP contribution in [-0.2, 0) is 20.9 Å². The van der Waals surface area contributed by atoms with Crippen LogP contribution in [0.3, 0.4) is 0 Å². The highest BCUT2D eigenvalue weighted by molar-refractivity contribution is 5.81. The molecule has 0 N–H and O–H groups in total. The van der Waals surface area contributed by atoms with Crippen molar-refractivity contribution in [3.8, 4) is 11.8 Å². The van der Waals surface area contributed by atoms with Gasteiger partial charge in [0.05, 0.1) is 26.5 Å². The number of rotatable bonds is 5. The van der Waals surface area contributed by atoms with Crippen LogP contribution >= 0.6 is 0 Å². The fourth-order valence-corrected chi connectivity index (χ4v) is 1.84. The summed E-state index contributed by atoms with van der Waals surface area (Å²) in [6.45, 7) is 0.380. The van der Waals surface area contributed by atoms with Crippen LogP contribution in [-0.4, -0.2) is 30.2 Å². The van der Waals surface area contributed by atoms with Gasteiger partial charge in [-0.2, -0.15) is 0 Å². The number of aromatic nitrogens is 1. The van der Waals surface area contributed by atoms with Gasteiger partial charge in [0.2, 0.25) is 0 Å². The third-order valence-electron chi connectivity index (χ3n) is 3.05. The number of carbonyl (C=O) groups excluding carboxylic acids is 1. The van der Waals surface area contributed by atoms with Gasteiger partial charge < -0.3 is 4.74 Å². The smallest absolute Gasteiger partial charge is 0.332 e. The van der Waals surface area contributed by atoms with E-state index in [1.807, 2.05) is 48.5 Å². The Morgan fingerprint density at radius 2 is 1.92 bits per heavy atom. The zero-order chi connectivity index (χ0) is 17.2. The molecule has 0 saturated carbocycles. The Morgan fingerprint density at radius 3 is 2.62 bits per heavy atom. The van der Waals surface area contributed by atoms with E-state index in [0.29, 0.717) is 12.2 Å². The normalized spacial score (nSPS) is 10.1. The first-order valence-corrected chi connectivity index (χ1v) is 7.31. The molecule has 0 saturated heterocycles. The van der Waals surface area contributed by atoms with Crippen LogP contribution in [0.5, 0.6) is 0 Å². The molecule has 1 aromatic heterocycles. The Balaban J connectivity index is 2.08. The maximum absolute atomic E-state index is 11.1. The minimum atomic E-state index is -0.451. The van der Waals surface area contributed by atoms with E-state index in [9.17, 15) is 4.79 Å². The lowest BCUT2D eigenvalue weighted by Crippen LogP contribution is -2.16. The quantitative estimate of drug-likeness (QED) is 0.366. The number of benzene rings is 1. The standard InChI is InChI=1S/C19H18N2O3/c1-23-19(22)13-14-21(24-2)15-18-10-6-9-17(20-18)12-11-16-7-4-3-5-8-16/h3-10,13-14H,15H2,1-2H3/b14-13+. The third kappa shape index (κ3) is 5.59. The lowest BCUT2D eigenvalue weighted by Gasteiger charge is -2.16. The van der Waals surface area contributed by atoms with Crippen molar-refractivity contribution in [3.05, 3.63) is 77.8 Å². The van der Waals surface area contributed by atoms with Gasteiger partial charge in [-0.3, -0.25) is 9.90 Å². The third-order valence-corrected chi connectivity index (χ3v) is 3.05. The predicted molar refractivity (Wildman–Crippen MR) is 90.4 cm³/mol. The van der Waals surface area contributed by atoms with Crippen LogP contribution < -0.4 is 0 Å². The van der Waals surface area contributed by atoms with Crippen molar-refractivity contribution >= 4 is 5.97 Å². The number of ether oxygens (including phenoxy) is 1. The predicted octanol–water partition coefficient (Wildman–Crippen LogP) is 2.53. The van der Waals surface area contributed by atoms with Crippen LogP contribution in [0.25, 0.3) is 0 Å². The summed E-state index contributed by atoms with van der Waals surface area (Å²) in [5.74, 6) is 5.66. The number of nitrogens with zero attached hydrogens (tertiary/aromatic N) is 2. The summed E-state index contributed by atoms with van der Waals surface area (Å²) in [5.41, 5.74) is 2.37. The minimum absolute atomic E-state index is 0.380. The van der Waals surface area contributed by atoms with Crippen molar-refractivity contribution in [1.82, 2.24) is 10.0 Å². The Labute approximate surface area is 141 Å². The van der Waals surface area contributed by atoms with E-state index >= 15 is 0 Å². The average molecular weight is 322 g/mol. The summed E-state index contributed by atoms with van der Waals surface area (Å²) < 4.78 is 4.55. The van der Waals surface area contributed by atoms with Gasteiger partial charge in [-0.05, 0) is 30.2 Å². The van der Waals surface area contributed by atoms with E-state index in [4.69, 9.17) is 4.84 Å². The first-order chi connectivity index (χ1) is 11.7. The molecule has 0 bridgehead atoms. The van der Waals surface area contributed by atoms with E-state index in [-0.39, 0.29) is 0 Å². The van der Waals surface area contributed by atoms with Gasteiger partial charge in [-0.25, -0.2) is 9.78 Å². The van der Waals surface area contributed by atoms with Crippen molar-refractivity contribution in [2.45, 2.75) is 6.54 Å². The number of carbonyl (C=O) groups is 1. The second kappa shape index (κ2) is 9.13. The zero-order valence-electron chi connectivity index (χ0n) is 13.6. The molecule has 0 aliphatic rings. The summed E-state index contributed by atoms with van der Waals surface area (Å²) in [7, 11) is 2.83. The van der Waals surface area contributed by atoms with E-state index < -0.39 is 5.97 Å². The average Bonchev–Trinajstić information content (AvgIpc) is 2.64. The monoisotopic (exact) mass is 322 g/mol. The number of hydrogen-bond acceptors (Lipinski definition) is 5. The van der Waals surface area contributed by atoms with E-state index in [0.717, 1.165) is 11.3 Å². The van der Waals surface area contributed by atoms with Gasteiger partial charge in [0.25, 0.3) is 0 Å². The fourth-order valence-electron chi connectivity index (χ4n) is 1.84. The Hall–Kier alpha value is -3.10. The van der Waals surface area contributed by atoms with Gasteiger partial charge >= 0.3 is 5.97 Å². The zero-order valence-corrected chi connectivity index (χ0v) is 13.6. The van der Waals surface area contributed by atoms with E-state index in [1.54, 1.807) is 0 Å². The Morgan fingerprint density at radius 1 is 1.12 bits per heavy atom. The van der Waals surface area contributed by atoms with Crippen LogP contribution in [0.1, 0.15) is 17.0 Å². The molecule has 2 rings (SSSR count). The van der Waals surface area contributed by atoms with Crippen LogP contribution in [0.4, 0.5) is 0 Å². The van der Waals surface area contributed by atoms with Crippen LogP contribution in [0.15, 0.2) is 60.8 Å². The van der Waals surface area contributed by atoms with Crippen molar-refractivity contribution in [1.29, 1.82) is 0 Å². The topological polar surface area (TPSA) is 51.7 Å². The molecule has 24 heavy (non-hydrogen) atoms. The molecule has 0 aliphatic carbocycles. The SMILES string of the molecule is COC(=O)/C=C/N(Cc1cccc(C#Cc2ccccc2)n1)OC. The highest BCUT2D eigenvalue weighted by Crippen LogP contribution is 2.05. The van der Waals surface area contributed by atoms with Crippen molar-refractivity contribution in [2.24, 2.45) is 0 Å². The number of esters is 1. The molecule has 5 heteroatoms. The molecule has 0 spiro atoms. The number of methoxy groups -OCH3 is 1. The fraction of sp³-hybridized carbons (Fsp3) is 0.158. The summed E-state index contributed by atoms with van der Waals surface area (Å²) in [5, 5.41) is 1.48. The maximum Gasteiger partial charge on any atom is 0.332 e. The Kier molecular flexibility index (Phi) is 6.57. The second-order valence-corrected chi connectivity index (χ2v) is 4.73. The molecule has 1 heterocycles. The first-order valence-electron chi connectivity index (χ1n) is 7.31. The summed E-state index contributed by atoms with van der Waals surface area (Å²) in [4.78, 5) is 20.8. The lowest BCUT2D eigenvalue weighted by molar-refractivity contribution is -0.135. The number of hydrogen-bond donors (Lipinski definition) is 0. The molecule has 122 valence electrons. The van der Waals surface area contributed by atoms with Crippen molar-refractivity contribution in [3.63, 3.8) is 0 Å². The molecule has 0 radical (unpaired) electrons. The molecule has 2 aromatic rings. The van der Waals surface area contributed by atoms with Gasteiger partial charge in [0.15, 0.2) is 0 Å². The van der Waals surface area contributed by atoms with Crippen LogP contribution in [0.2, 0.25) is 0 Å². The summed E-state index contributed by atoms with van der Waals surface area (Å²) in [6.07, 6.45) is 2.78. The molecule has 1 aromatic carbocycles. The molecule has 5 nitrogen and oxygen atoms in total. The van der Waals surface area contributed by atoms with Gasteiger partial charge in [0, 0.05) is 17.8 Å². The molecular formula is C19H18N2O3. The van der Waals surface area contributed by atoms with Gasteiger partial charge in [0.1, 0.15) is 5.69 Å². The van der Waals surface area contributed by atoms with E-state index in [1.165, 1.54) is 31.6 Å². The summed E-state index contributed by atoms with van der Waals surface area (Å²) >= 11 is 0. The van der Waals surface area contributed by atoms with Gasteiger partial charge in [-0.15, -0.1) is 0 Å². The maximum atomic E-state index is 11.1.